The zero-order chi connectivity index (χ0) is 13.0. The number of hydrogen-bond donors (Lipinski definition) is 0. The van der Waals surface area contributed by atoms with E-state index in [1.54, 1.807) is 11.5 Å². The summed E-state index contributed by atoms with van der Waals surface area (Å²) in [6.07, 6.45) is 6.32. The normalized spacial score (nSPS) is 22.1. The van der Waals surface area contributed by atoms with Crippen molar-refractivity contribution in [2.75, 3.05) is 6.61 Å². The van der Waals surface area contributed by atoms with E-state index >= 15 is 0 Å². The fraction of sp³-hybridized carbons (Fsp3) is 0.571. The number of aromatic nitrogens is 1. The maximum absolute atomic E-state index is 11.3. The number of carbonyl (C=O) groups is 1. The van der Waals surface area contributed by atoms with E-state index < -0.39 is 0 Å². The third-order valence-electron chi connectivity index (χ3n) is 3.11. The number of pyridine rings is 1. The van der Waals surface area contributed by atoms with Crippen molar-refractivity contribution >= 4 is 5.97 Å². The molecule has 0 radical (unpaired) electrons. The predicted molar refractivity (Wildman–Crippen MR) is 66.1 cm³/mol. The van der Waals surface area contributed by atoms with Crippen LogP contribution in [0.3, 0.4) is 0 Å². The number of carbonyl (C=O) groups excluding carboxylic acids is 1. The third-order valence-corrected chi connectivity index (χ3v) is 3.11. The van der Waals surface area contributed by atoms with Crippen molar-refractivity contribution < 1.29 is 18.8 Å². The second-order valence-electron chi connectivity index (χ2n) is 4.83. The van der Waals surface area contributed by atoms with Gasteiger partial charge in [-0.05, 0) is 25.7 Å². The monoisotopic (exact) mass is 250 g/mol. The Morgan fingerprint density at radius 2 is 2.06 bits per heavy atom. The second-order valence-corrected chi connectivity index (χ2v) is 4.83. The number of esters is 1. The highest BCUT2D eigenvalue weighted by Gasteiger charge is 2.27. The molecular weight excluding hydrogens is 230 g/mol. The lowest BCUT2D eigenvalue weighted by Gasteiger charge is -2.32. The van der Waals surface area contributed by atoms with Gasteiger partial charge in [0, 0.05) is 12.1 Å². The molecule has 0 amide bonds. The minimum Gasteiger partial charge on any atom is -0.490 e. The summed E-state index contributed by atoms with van der Waals surface area (Å²) in [6, 6.07) is 3.78. The summed E-state index contributed by atoms with van der Waals surface area (Å²) in [6.45, 7) is 4.70. The van der Waals surface area contributed by atoms with Crippen LogP contribution in [0, 0.1) is 5.92 Å². The fourth-order valence-electron chi connectivity index (χ4n) is 2.10. The molecule has 0 aliphatic heterocycles. The van der Waals surface area contributed by atoms with E-state index in [-0.39, 0.29) is 12.5 Å². The Balaban J connectivity index is 1.83. The van der Waals surface area contributed by atoms with Crippen molar-refractivity contribution in [1.82, 2.24) is 0 Å². The predicted octanol–water partition coefficient (Wildman–Crippen LogP) is 1.71. The molecule has 2 rings (SSSR count). The Labute approximate surface area is 108 Å². The van der Waals surface area contributed by atoms with Crippen LogP contribution in [0.2, 0.25) is 0 Å². The minimum atomic E-state index is -0.219. The van der Waals surface area contributed by atoms with Gasteiger partial charge in [0.1, 0.15) is 5.75 Å². The third kappa shape index (κ3) is 3.45. The zero-order valence-corrected chi connectivity index (χ0v) is 11.0. The smallest absolute Gasteiger partial charge is 0.372 e. The molecular formula is C14H20NO3+. The lowest BCUT2D eigenvalue weighted by molar-refractivity contribution is -0.686. The highest BCUT2D eigenvalue weighted by Crippen LogP contribution is 2.30. The van der Waals surface area contributed by atoms with Crippen LogP contribution in [-0.2, 0) is 16.1 Å². The van der Waals surface area contributed by atoms with E-state index in [9.17, 15) is 4.79 Å². The molecule has 1 heterocycles. The SMILES string of the molecule is CCOC(=O)C[n+]1ccc(OC2CC(C)C2)cc1. The molecule has 0 unspecified atom stereocenters. The van der Waals surface area contributed by atoms with Gasteiger partial charge in [0.15, 0.2) is 12.4 Å². The van der Waals surface area contributed by atoms with E-state index in [2.05, 4.69) is 6.92 Å². The van der Waals surface area contributed by atoms with Gasteiger partial charge in [-0.25, -0.2) is 4.79 Å². The van der Waals surface area contributed by atoms with Crippen LogP contribution in [0.15, 0.2) is 24.5 Å². The van der Waals surface area contributed by atoms with Crippen molar-refractivity contribution in [1.29, 1.82) is 0 Å². The lowest BCUT2D eigenvalue weighted by Crippen LogP contribution is -2.38. The molecule has 4 nitrogen and oxygen atoms in total. The van der Waals surface area contributed by atoms with Crippen molar-refractivity contribution in [3.8, 4) is 5.75 Å². The van der Waals surface area contributed by atoms with Crippen LogP contribution in [0.1, 0.15) is 26.7 Å². The molecule has 1 saturated carbocycles. The van der Waals surface area contributed by atoms with Crippen LogP contribution in [-0.4, -0.2) is 18.7 Å². The highest BCUT2D eigenvalue weighted by molar-refractivity contribution is 5.67. The summed E-state index contributed by atoms with van der Waals surface area (Å²) < 4.78 is 12.5. The maximum Gasteiger partial charge on any atom is 0.372 e. The number of nitrogens with zero attached hydrogens (tertiary/aromatic N) is 1. The topological polar surface area (TPSA) is 39.4 Å². The molecule has 0 atom stereocenters. The zero-order valence-electron chi connectivity index (χ0n) is 11.0. The summed E-state index contributed by atoms with van der Waals surface area (Å²) in [4.78, 5) is 11.3. The summed E-state index contributed by atoms with van der Waals surface area (Å²) in [5.74, 6) is 1.43. The lowest BCUT2D eigenvalue weighted by atomic mass is 9.84. The van der Waals surface area contributed by atoms with Crippen molar-refractivity contribution in [2.24, 2.45) is 5.92 Å². The van der Waals surface area contributed by atoms with E-state index in [0.29, 0.717) is 12.7 Å². The molecule has 0 aromatic carbocycles. The van der Waals surface area contributed by atoms with Gasteiger partial charge in [0.05, 0.1) is 12.7 Å². The summed E-state index contributed by atoms with van der Waals surface area (Å²) in [5, 5.41) is 0. The Bertz CT molecular complexity index is 396. The quantitative estimate of drug-likeness (QED) is 0.590. The Hall–Kier alpha value is -1.58. The summed E-state index contributed by atoms with van der Waals surface area (Å²) in [7, 11) is 0. The van der Waals surface area contributed by atoms with Gasteiger partial charge >= 0.3 is 5.97 Å². The number of ether oxygens (including phenoxy) is 2. The second kappa shape index (κ2) is 5.85. The Morgan fingerprint density at radius 1 is 1.39 bits per heavy atom. The van der Waals surface area contributed by atoms with Gasteiger partial charge in [-0.15, -0.1) is 0 Å². The molecule has 0 N–H and O–H groups in total. The van der Waals surface area contributed by atoms with Gasteiger partial charge in [-0.2, -0.15) is 4.57 Å². The summed E-state index contributed by atoms with van der Waals surface area (Å²) >= 11 is 0. The van der Waals surface area contributed by atoms with Crippen molar-refractivity contribution in [3.05, 3.63) is 24.5 Å². The van der Waals surface area contributed by atoms with Crippen molar-refractivity contribution in [2.45, 2.75) is 39.3 Å². The molecule has 4 heteroatoms. The standard InChI is InChI=1S/C14H20NO3/c1-3-17-14(16)10-15-6-4-12(5-7-15)18-13-8-11(2)9-13/h4-7,11,13H,3,8-10H2,1-2H3/q+1. The van der Waals surface area contributed by atoms with Crippen LogP contribution >= 0.6 is 0 Å². The first-order valence-electron chi connectivity index (χ1n) is 6.48. The number of rotatable bonds is 5. The highest BCUT2D eigenvalue weighted by atomic mass is 16.5. The molecule has 0 bridgehead atoms. The maximum atomic E-state index is 11.3. The van der Waals surface area contributed by atoms with Gasteiger partial charge in [-0.1, -0.05) is 6.92 Å². The van der Waals surface area contributed by atoms with Gasteiger partial charge in [-0.3, -0.25) is 0 Å². The van der Waals surface area contributed by atoms with Crippen LogP contribution in [0.4, 0.5) is 0 Å². The molecule has 1 fully saturated rings. The minimum absolute atomic E-state index is 0.219. The van der Waals surface area contributed by atoms with E-state index in [1.165, 1.54) is 0 Å². The van der Waals surface area contributed by atoms with E-state index in [1.807, 2.05) is 24.5 Å². The van der Waals surface area contributed by atoms with E-state index in [4.69, 9.17) is 9.47 Å². The van der Waals surface area contributed by atoms with Gasteiger partial charge < -0.3 is 9.47 Å². The Morgan fingerprint density at radius 3 is 2.61 bits per heavy atom. The van der Waals surface area contributed by atoms with Crippen LogP contribution in [0.5, 0.6) is 5.75 Å². The average Bonchev–Trinajstić information content (AvgIpc) is 2.30. The average molecular weight is 250 g/mol. The van der Waals surface area contributed by atoms with Crippen LogP contribution < -0.4 is 9.30 Å². The molecule has 0 spiro atoms. The molecule has 1 aromatic rings. The first kappa shape index (κ1) is 12.9. The first-order valence-corrected chi connectivity index (χ1v) is 6.48. The van der Waals surface area contributed by atoms with Gasteiger partial charge in [0.25, 0.3) is 0 Å². The number of hydrogen-bond acceptors (Lipinski definition) is 3. The largest absolute Gasteiger partial charge is 0.490 e. The fourth-order valence-corrected chi connectivity index (χ4v) is 2.10. The molecule has 18 heavy (non-hydrogen) atoms. The first-order chi connectivity index (χ1) is 8.67. The van der Waals surface area contributed by atoms with Crippen LogP contribution in [0.25, 0.3) is 0 Å². The molecule has 1 aromatic heterocycles. The van der Waals surface area contributed by atoms with Gasteiger partial charge in [0.2, 0.25) is 6.54 Å². The Kier molecular flexibility index (Phi) is 4.18. The summed E-state index contributed by atoms with van der Waals surface area (Å²) in [5.41, 5.74) is 0. The molecule has 98 valence electrons. The molecule has 1 aliphatic rings. The molecule has 1 aliphatic carbocycles. The van der Waals surface area contributed by atoms with E-state index in [0.717, 1.165) is 24.5 Å². The molecule has 0 saturated heterocycles. The van der Waals surface area contributed by atoms with Crippen molar-refractivity contribution in [3.63, 3.8) is 0 Å².